The lowest BCUT2D eigenvalue weighted by Crippen LogP contribution is -2.27. The summed E-state index contributed by atoms with van der Waals surface area (Å²) in [6.45, 7) is 0.0880. The Balaban J connectivity index is 1.58. The maximum atomic E-state index is 12.3. The van der Waals surface area contributed by atoms with Crippen LogP contribution in [0.5, 0.6) is 0 Å². The number of rotatable bonds is 3. The molecule has 1 aromatic carbocycles. The monoisotopic (exact) mass is 283 g/mol. The summed E-state index contributed by atoms with van der Waals surface area (Å²) in [6.07, 6.45) is 5.35. The number of hydrogen-bond acceptors (Lipinski definition) is 2. The molecule has 2 aliphatic carbocycles. The zero-order chi connectivity index (χ0) is 14.7. The van der Waals surface area contributed by atoms with Crippen LogP contribution in [0, 0.1) is 29.6 Å². The number of aliphatic hydroxyl groups excluding tert-OH is 1. The molecular weight excluding hydrogens is 262 g/mol. The van der Waals surface area contributed by atoms with Gasteiger partial charge in [-0.3, -0.25) is 4.79 Å². The van der Waals surface area contributed by atoms with Crippen LogP contribution in [-0.2, 0) is 4.79 Å². The minimum Gasteiger partial charge on any atom is -0.395 e. The van der Waals surface area contributed by atoms with Crippen LogP contribution in [0.2, 0.25) is 0 Å². The second-order valence-electron chi connectivity index (χ2n) is 6.12. The second kappa shape index (κ2) is 6.32. The van der Waals surface area contributed by atoms with E-state index in [9.17, 15) is 4.79 Å². The molecule has 3 rings (SSSR count). The Kier molecular flexibility index (Phi) is 4.26. The molecule has 2 saturated carbocycles. The first-order chi connectivity index (χ1) is 10.3. The molecule has 1 amide bonds. The van der Waals surface area contributed by atoms with Gasteiger partial charge in [-0.1, -0.05) is 18.3 Å². The van der Waals surface area contributed by atoms with Crippen LogP contribution in [0.15, 0.2) is 24.3 Å². The fraction of sp³-hybridized carbons (Fsp3) is 0.500. The number of aliphatic hydroxyl groups is 1. The summed E-state index contributed by atoms with van der Waals surface area (Å²) in [5.41, 5.74) is 1.75. The van der Waals surface area contributed by atoms with Gasteiger partial charge >= 0.3 is 0 Å². The lowest BCUT2D eigenvalue weighted by atomic mass is 9.88. The maximum absolute atomic E-state index is 12.3. The summed E-state index contributed by atoms with van der Waals surface area (Å²) in [5, 5.41) is 11.7. The third-order valence-corrected chi connectivity index (χ3v) is 4.70. The summed E-state index contributed by atoms with van der Waals surface area (Å²) in [4.78, 5) is 12.3. The van der Waals surface area contributed by atoms with Gasteiger partial charge in [0.1, 0.15) is 0 Å². The fourth-order valence-corrected chi connectivity index (χ4v) is 3.66. The van der Waals surface area contributed by atoms with E-state index < -0.39 is 0 Å². The summed E-state index contributed by atoms with van der Waals surface area (Å²) < 4.78 is 0. The predicted octanol–water partition coefficient (Wildman–Crippen LogP) is 2.80. The van der Waals surface area contributed by atoms with Gasteiger partial charge in [0, 0.05) is 23.6 Å². The highest BCUT2D eigenvalue weighted by Crippen LogP contribution is 2.48. The van der Waals surface area contributed by atoms with E-state index in [0.717, 1.165) is 23.6 Å². The van der Waals surface area contributed by atoms with E-state index in [4.69, 9.17) is 5.11 Å². The van der Waals surface area contributed by atoms with Crippen LogP contribution in [-0.4, -0.2) is 17.6 Å². The van der Waals surface area contributed by atoms with E-state index in [1.807, 2.05) is 24.3 Å². The number of nitrogens with one attached hydrogen (secondary N) is 1. The van der Waals surface area contributed by atoms with Crippen molar-refractivity contribution in [1.29, 1.82) is 0 Å². The molecule has 2 N–H and O–H groups in total. The lowest BCUT2D eigenvalue weighted by Gasteiger charge is -2.20. The topological polar surface area (TPSA) is 49.3 Å². The minimum absolute atomic E-state index is 0.0880. The maximum Gasteiger partial charge on any atom is 0.227 e. The number of hydrogen-bond donors (Lipinski definition) is 2. The van der Waals surface area contributed by atoms with Gasteiger partial charge in [-0.2, -0.15) is 0 Å². The number of carbonyl (C=O) groups is 1. The summed E-state index contributed by atoms with van der Waals surface area (Å²) in [5.74, 6) is 7.66. The Morgan fingerprint density at radius 3 is 2.67 bits per heavy atom. The van der Waals surface area contributed by atoms with Crippen LogP contribution in [0.25, 0.3) is 0 Å². The molecule has 3 unspecified atom stereocenters. The van der Waals surface area contributed by atoms with Crippen LogP contribution >= 0.6 is 0 Å². The van der Waals surface area contributed by atoms with Gasteiger partial charge in [0.15, 0.2) is 0 Å². The van der Waals surface area contributed by atoms with Crippen molar-refractivity contribution < 1.29 is 9.90 Å². The van der Waals surface area contributed by atoms with Crippen molar-refractivity contribution >= 4 is 11.6 Å². The molecule has 3 heteroatoms. The average molecular weight is 283 g/mol. The van der Waals surface area contributed by atoms with Crippen molar-refractivity contribution in [1.82, 2.24) is 0 Å². The molecule has 3 nitrogen and oxygen atoms in total. The van der Waals surface area contributed by atoms with Gasteiger partial charge in [-0.15, -0.1) is 0 Å². The van der Waals surface area contributed by atoms with Gasteiger partial charge in [-0.25, -0.2) is 0 Å². The highest BCUT2D eigenvalue weighted by atomic mass is 16.2. The molecule has 0 saturated heterocycles. The normalized spacial score (nSPS) is 26.2. The van der Waals surface area contributed by atoms with Crippen LogP contribution in [0.3, 0.4) is 0 Å². The van der Waals surface area contributed by atoms with Crippen molar-refractivity contribution in [3.05, 3.63) is 29.8 Å². The first-order valence-corrected chi connectivity index (χ1v) is 7.77. The van der Waals surface area contributed by atoms with Gasteiger partial charge in [0.25, 0.3) is 0 Å². The minimum atomic E-state index is 0.0880. The van der Waals surface area contributed by atoms with E-state index in [2.05, 4.69) is 17.2 Å². The predicted molar refractivity (Wildman–Crippen MR) is 82.6 cm³/mol. The lowest BCUT2D eigenvalue weighted by molar-refractivity contribution is -0.121. The van der Waals surface area contributed by atoms with Gasteiger partial charge in [0.2, 0.25) is 5.91 Å². The Morgan fingerprint density at radius 2 is 2.05 bits per heavy atom. The first-order valence-electron chi connectivity index (χ1n) is 7.77. The van der Waals surface area contributed by atoms with Crippen molar-refractivity contribution in [2.24, 2.45) is 17.8 Å². The molecule has 0 radical (unpaired) electrons. The summed E-state index contributed by atoms with van der Waals surface area (Å²) in [6, 6.07) is 7.60. The molecule has 1 aromatic rings. The SMILES string of the molecule is O=C(Nc1ccc(C#CCCO)cc1)C1CC2CCC1C2. The van der Waals surface area contributed by atoms with Crippen molar-refractivity contribution in [2.75, 3.05) is 11.9 Å². The first kappa shape index (κ1) is 14.2. The van der Waals surface area contributed by atoms with E-state index in [0.29, 0.717) is 12.3 Å². The largest absolute Gasteiger partial charge is 0.395 e. The smallest absolute Gasteiger partial charge is 0.227 e. The van der Waals surface area contributed by atoms with Crippen LogP contribution < -0.4 is 5.32 Å². The zero-order valence-electron chi connectivity index (χ0n) is 12.1. The highest BCUT2D eigenvalue weighted by molar-refractivity contribution is 5.93. The summed E-state index contributed by atoms with van der Waals surface area (Å²) >= 11 is 0. The zero-order valence-corrected chi connectivity index (χ0v) is 12.1. The van der Waals surface area contributed by atoms with Crippen molar-refractivity contribution in [2.45, 2.75) is 32.1 Å². The molecule has 0 spiro atoms. The highest BCUT2D eigenvalue weighted by Gasteiger charge is 2.42. The molecule has 110 valence electrons. The molecule has 0 aliphatic heterocycles. The molecule has 2 fully saturated rings. The Bertz CT molecular complexity index is 567. The van der Waals surface area contributed by atoms with Gasteiger partial charge in [0.05, 0.1) is 6.61 Å². The van der Waals surface area contributed by atoms with Crippen LogP contribution in [0.1, 0.15) is 37.7 Å². The van der Waals surface area contributed by atoms with E-state index >= 15 is 0 Å². The number of amides is 1. The Morgan fingerprint density at radius 1 is 1.24 bits per heavy atom. The van der Waals surface area contributed by atoms with E-state index in [-0.39, 0.29) is 18.4 Å². The summed E-state index contributed by atoms with van der Waals surface area (Å²) in [7, 11) is 0. The number of benzene rings is 1. The molecular formula is C18H21NO2. The Hall–Kier alpha value is -1.79. The van der Waals surface area contributed by atoms with Crippen molar-refractivity contribution in [3.8, 4) is 11.8 Å². The Labute approximate surface area is 125 Å². The average Bonchev–Trinajstić information content (AvgIpc) is 3.12. The molecule has 0 heterocycles. The molecule has 2 bridgehead atoms. The third kappa shape index (κ3) is 3.28. The van der Waals surface area contributed by atoms with Gasteiger partial charge in [-0.05, 0) is 55.4 Å². The number of fused-ring (bicyclic) bond motifs is 2. The standard InChI is InChI=1S/C18H21NO2/c20-10-2-1-3-13-5-8-16(9-6-13)19-18(21)17-12-14-4-7-15(17)11-14/h5-6,8-9,14-15,17,20H,2,4,7,10-12H2,(H,19,21). The fourth-order valence-electron chi connectivity index (χ4n) is 3.66. The van der Waals surface area contributed by atoms with Crippen LogP contribution in [0.4, 0.5) is 5.69 Å². The quantitative estimate of drug-likeness (QED) is 0.838. The molecule has 0 aromatic heterocycles. The third-order valence-electron chi connectivity index (χ3n) is 4.70. The molecule has 21 heavy (non-hydrogen) atoms. The number of carbonyl (C=O) groups excluding carboxylic acids is 1. The number of anilines is 1. The van der Waals surface area contributed by atoms with Crippen molar-refractivity contribution in [3.63, 3.8) is 0 Å². The van der Waals surface area contributed by atoms with E-state index in [1.54, 1.807) is 0 Å². The molecule has 3 atom stereocenters. The van der Waals surface area contributed by atoms with Gasteiger partial charge < -0.3 is 10.4 Å². The second-order valence-corrected chi connectivity index (χ2v) is 6.12. The molecule has 2 aliphatic rings. The van der Waals surface area contributed by atoms with E-state index in [1.165, 1.54) is 19.3 Å².